The summed E-state index contributed by atoms with van der Waals surface area (Å²) in [5.41, 5.74) is 8.31. The number of hydrogen-bond donors (Lipinski definition) is 1. The highest BCUT2D eigenvalue weighted by Gasteiger charge is 2.37. The van der Waals surface area contributed by atoms with Crippen LogP contribution in [0.25, 0.3) is 5.57 Å². The molecule has 0 unspecified atom stereocenters. The number of nitrogens with zero attached hydrogens (tertiary/aromatic N) is 1. The minimum absolute atomic E-state index is 0.298. The van der Waals surface area contributed by atoms with Crippen molar-refractivity contribution in [2.24, 2.45) is 0 Å². The van der Waals surface area contributed by atoms with Crippen LogP contribution in [0, 0.1) is 0 Å². The minimum atomic E-state index is -0.426. The molecule has 1 saturated heterocycles. The molecule has 5 nitrogen and oxygen atoms in total. The summed E-state index contributed by atoms with van der Waals surface area (Å²) in [5, 5.41) is 0. The van der Waals surface area contributed by atoms with E-state index in [1.165, 1.54) is 0 Å². The molecule has 0 radical (unpaired) electrons. The number of nitrogens with two attached hydrogens (primary N) is 1. The zero-order valence-electron chi connectivity index (χ0n) is 10.6. The number of carbonyl (C=O) groups is 1. The van der Waals surface area contributed by atoms with Gasteiger partial charge in [-0.2, -0.15) is 0 Å². The van der Waals surface area contributed by atoms with Gasteiger partial charge in [-0.15, -0.1) is 0 Å². The van der Waals surface area contributed by atoms with Gasteiger partial charge in [0.15, 0.2) is 12.1 Å². The van der Waals surface area contributed by atoms with E-state index in [4.69, 9.17) is 15.2 Å². The van der Waals surface area contributed by atoms with Gasteiger partial charge in [0.2, 0.25) is 0 Å². The highest BCUT2D eigenvalue weighted by atomic mass is 16.7. The molecular formula is C14H16N2O3. The summed E-state index contributed by atoms with van der Waals surface area (Å²) in [6.45, 7) is 1.33. The van der Waals surface area contributed by atoms with Crippen LogP contribution >= 0.6 is 0 Å². The van der Waals surface area contributed by atoms with E-state index < -0.39 is 5.79 Å². The van der Waals surface area contributed by atoms with E-state index in [0.29, 0.717) is 30.9 Å². The first-order valence-electron chi connectivity index (χ1n) is 6.41. The Balaban J connectivity index is 1.84. The van der Waals surface area contributed by atoms with E-state index in [1.54, 1.807) is 6.07 Å². The summed E-state index contributed by atoms with van der Waals surface area (Å²) in [6, 6.07) is 3.57. The summed E-state index contributed by atoms with van der Waals surface area (Å²) in [5.74, 6) is -0.426. The van der Waals surface area contributed by atoms with Crippen molar-refractivity contribution in [2.75, 3.05) is 18.9 Å². The second-order valence-corrected chi connectivity index (χ2v) is 4.83. The molecule has 1 aliphatic heterocycles. The largest absolute Gasteiger partial charge is 0.397 e. The monoisotopic (exact) mass is 260 g/mol. The number of hydrogen-bond acceptors (Lipinski definition) is 5. The number of pyridine rings is 1. The van der Waals surface area contributed by atoms with Gasteiger partial charge in [-0.1, -0.05) is 6.08 Å². The van der Waals surface area contributed by atoms with Crippen LogP contribution in [0.5, 0.6) is 0 Å². The van der Waals surface area contributed by atoms with Crippen molar-refractivity contribution in [2.45, 2.75) is 25.0 Å². The Kier molecular flexibility index (Phi) is 3.08. The molecular weight excluding hydrogens is 244 g/mol. The Bertz CT molecular complexity index is 533. The molecule has 0 aromatic carbocycles. The lowest BCUT2D eigenvalue weighted by Gasteiger charge is -2.30. The van der Waals surface area contributed by atoms with Crippen LogP contribution in [-0.4, -0.2) is 30.3 Å². The van der Waals surface area contributed by atoms with Gasteiger partial charge in [0, 0.05) is 12.8 Å². The lowest BCUT2D eigenvalue weighted by atomic mass is 9.92. The van der Waals surface area contributed by atoms with Crippen molar-refractivity contribution in [3.63, 3.8) is 0 Å². The Morgan fingerprint density at radius 2 is 2.11 bits per heavy atom. The van der Waals surface area contributed by atoms with Crippen LogP contribution in [0.15, 0.2) is 18.2 Å². The number of carbonyl (C=O) groups excluding carboxylic acids is 1. The molecule has 1 fully saturated rings. The van der Waals surface area contributed by atoms with Crippen molar-refractivity contribution >= 4 is 17.5 Å². The van der Waals surface area contributed by atoms with Crippen molar-refractivity contribution < 1.29 is 14.3 Å². The van der Waals surface area contributed by atoms with Crippen molar-refractivity contribution in [3.05, 3.63) is 29.6 Å². The zero-order chi connectivity index (χ0) is 13.3. The summed E-state index contributed by atoms with van der Waals surface area (Å²) in [7, 11) is 0. The molecule has 19 heavy (non-hydrogen) atoms. The van der Waals surface area contributed by atoms with Crippen LogP contribution in [0.2, 0.25) is 0 Å². The summed E-state index contributed by atoms with van der Waals surface area (Å²) in [4.78, 5) is 15.2. The SMILES string of the molecule is Nc1ccc(C2=CCC3(CC2)OCCO3)nc1C=O. The third kappa shape index (κ3) is 2.27. The molecule has 2 N–H and O–H groups in total. The maximum atomic E-state index is 10.9. The van der Waals surface area contributed by atoms with Crippen molar-refractivity contribution in [1.82, 2.24) is 4.98 Å². The first-order chi connectivity index (χ1) is 9.22. The quantitative estimate of drug-likeness (QED) is 0.820. The molecule has 1 aromatic rings. The van der Waals surface area contributed by atoms with E-state index in [1.807, 2.05) is 6.07 Å². The third-order valence-corrected chi connectivity index (χ3v) is 3.65. The van der Waals surface area contributed by atoms with Crippen LogP contribution in [0.4, 0.5) is 5.69 Å². The molecule has 1 aromatic heterocycles. The Hall–Kier alpha value is -1.72. The molecule has 1 aliphatic carbocycles. The molecule has 5 heteroatoms. The number of rotatable bonds is 2. The second-order valence-electron chi connectivity index (χ2n) is 4.83. The van der Waals surface area contributed by atoms with Gasteiger partial charge in [-0.25, -0.2) is 4.98 Å². The maximum Gasteiger partial charge on any atom is 0.172 e. The number of aldehydes is 1. The van der Waals surface area contributed by atoms with E-state index in [0.717, 1.165) is 30.5 Å². The van der Waals surface area contributed by atoms with Crippen LogP contribution < -0.4 is 5.73 Å². The van der Waals surface area contributed by atoms with Crippen LogP contribution in [-0.2, 0) is 9.47 Å². The van der Waals surface area contributed by atoms with E-state index in [2.05, 4.69) is 11.1 Å². The lowest BCUT2D eigenvalue weighted by molar-refractivity contribution is -0.159. The molecule has 0 bridgehead atoms. The number of aromatic nitrogens is 1. The smallest absolute Gasteiger partial charge is 0.172 e. The number of ether oxygens (including phenoxy) is 2. The molecule has 0 amide bonds. The van der Waals surface area contributed by atoms with E-state index in [9.17, 15) is 4.79 Å². The molecule has 0 atom stereocenters. The predicted octanol–water partition coefficient (Wildman–Crippen LogP) is 1.79. The first-order valence-corrected chi connectivity index (χ1v) is 6.41. The normalized spacial score (nSPS) is 21.4. The highest BCUT2D eigenvalue weighted by Crippen LogP contribution is 2.37. The van der Waals surface area contributed by atoms with E-state index in [-0.39, 0.29) is 0 Å². The average Bonchev–Trinajstić information content (AvgIpc) is 2.89. The molecule has 100 valence electrons. The predicted molar refractivity (Wildman–Crippen MR) is 70.5 cm³/mol. The summed E-state index contributed by atoms with van der Waals surface area (Å²) in [6.07, 6.45) is 5.15. The Morgan fingerprint density at radius 3 is 2.74 bits per heavy atom. The van der Waals surface area contributed by atoms with Gasteiger partial charge in [0.25, 0.3) is 0 Å². The van der Waals surface area contributed by atoms with Gasteiger partial charge in [-0.05, 0) is 24.1 Å². The first kappa shape index (κ1) is 12.3. The molecule has 2 heterocycles. The minimum Gasteiger partial charge on any atom is -0.397 e. The number of anilines is 1. The highest BCUT2D eigenvalue weighted by molar-refractivity contribution is 5.81. The second kappa shape index (κ2) is 4.75. The Labute approximate surface area is 111 Å². The van der Waals surface area contributed by atoms with Gasteiger partial charge in [0.05, 0.1) is 24.6 Å². The average molecular weight is 260 g/mol. The third-order valence-electron chi connectivity index (χ3n) is 3.65. The van der Waals surface area contributed by atoms with Gasteiger partial charge >= 0.3 is 0 Å². The molecule has 2 aliphatic rings. The Morgan fingerprint density at radius 1 is 1.32 bits per heavy atom. The van der Waals surface area contributed by atoms with Crippen LogP contribution in [0.3, 0.4) is 0 Å². The summed E-state index contributed by atoms with van der Waals surface area (Å²) < 4.78 is 11.3. The number of allylic oxidation sites excluding steroid dienone is 1. The van der Waals surface area contributed by atoms with Crippen molar-refractivity contribution in [3.8, 4) is 0 Å². The fourth-order valence-electron chi connectivity index (χ4n) is 2.56. The van der Waals surface area contributed by atoms with Gasteiger partial charge in [-0.3, -0.25) is 4.79 Å². The summed E-state index contributed by atoms with van der Waals surface area (Å²) >= 11 is 0. The number of nitrogen functional groups attached to an aromatic ring is 1. The molecule has 3 rings (SSSR count). The van der Waals surface area contributed by atoms with Gasteiger partial charge < -0.3 is 15.2 Å². The zero-order valence-corrected chi connectivity index (χ0v) is 10.6. The standard InChI is InChI=1S/C14H16N2O3/c15-11-1-2-12(16-13(11)9-17)10-3-5-14(6-4-10)18-7-8-19-14/h1-3,9H,4-8,15H2. The van der Waals surface area contributed by atoms with Crippen molar-refractivity contribution in [1.29, 1.82) is 0 Å². The van der Waals surface area contributed by atoms with Gasteiger partial charge in [0.1, 0.15) is 5.69 Å². The fourth-order valence-corrected chi connectivity index (χ4v) is 2.56. The molecule has 1 spiro atoms. The molecule has 0 saturated carbocycles. The topological polar surface area (TPSA) is 74.4 Å². The van der Waals surface area contributed by atoms with Crippen LogP contribution in [0.1, 0.15) is 35.4 Å². The maximum absolute atomic E-state index is 10.9. The lowest BCUT2D eigenvalue weighted by Crippen LogP contribution is -2.31. The fraction of sp³-hybridized carbons (Fsp3) is 0.429. The van der Waals surface area contributed by atoms with E-state index >= 15 is 0 Å².